The Bertz CT molecular complexity index is 1380. The monoisotopic (exact) mass is 408 g/mol. The third kappa shape index (κ3) is 3.06. The second kappa shape index (κ2) is 7.23. The summed E-state index contributed by atoms with van der Waals surface area (Å²) in [5.41, 5.74) is 8.59. The first-order valence-corrected chi connectivity index (χ1v) is 10.9. The highest BCUT2D eigenvalue weighted by Crippen LogP contribution is 2.35. The number of pyridine rings is 2. The molecule has 0 unspecified atom stereocenters. The normalized spacial score (nSPS) is 14.5. The summed E-state index contributed by atoms with van der Waals surface area (Å²) in [5.74, 6) is 0. The minimum absolute atomic E-state index is 0.911. The molecule has 0 amide bonds. The smallest absolute Gasteiger partial charge is 0.139 e. The summed E-state index contributed by atoms with van der Waals surface area (Å²) >= 11 is 0. The molecule has 0 bridgehead atoms. The quantitative estimate of drug-likeness (QED) is 0.415. The highest BCUT2D eigenvalue weighted by atomic mass is 15.1. The number of rotatable bonds is 3. The summed E-state index contributed by atoms with van der Waals surface area (Å²) < 4.78 is 0. The molecule has 0 atom stereocenters. The molecule has 0 radical (unpaired) electrons. The topological polar surface area (TPSA) is 73.5 Å². The first kappa shape index (κ1) is 18.1. The van der Waals surface area contributed by atoms with Crippen LogP contribution in [0.15, 0.2) is 55.0 Å². The largest absolute Gasteiger partial charge is 0.371 e. The van der Waals surface area contributed by atoms with E-state index in [1.54, 1.807) is 6.20 Å². The van der Waals surface area contributed by atoms with Crippen LogP contribution in [0.2, 0.25) is 0 Å². The molecule has 1 aliphatic heterocycles. The molecule has 0 saturated carbocycles. The number of hydrogen-bond acceptors (Lipinski definition) is 4. The molecule has 2 N–H and O–H groups in total. The molecule has 31 heavy (non-hydrogen) atoms. The van der Waals surface area contributed by atoms with Gasteiger partial charge in [0.25, 0.3) is 0 Å². The zero-order valence-electron chi connectivity index (χ0n) is 17.5. The Hall–Kier alpha value is -3.67. The van der Waals surface area contributed by atoms with Gasteiger partial charge in [0.15, 0.2) is 0 Å². The van der Waals surface area contributed by atoms with Gasteiger partial charge in [-0.15, -0.1) is 0 Å². The fourth-order valence-corrected chi connectivity index (χ4v) is 4.76. The Balaban J connectivity index is 1.49. The summed E-state index contributed by atoms with van der Waals surface area (Å²) in [6.45, 7) is 4.34. The lowest BCUT2D eigenvalue weighted by Crippen LogP contribution is -2.29. The van der Waals surface area contributed by atoms with Crippen molar-refractivity contribution in [2.24, 2.45) is 0 Å². The highest BCUT2D eigenvalue weighted by molar-refractivity contribution is 6.00. The number of piperidine rings is 1. The van der Waals surface area contributed by atoms with Crippen molar-refractivity contribution >= 4 is 27.6 Å². The maximum Gasteiger partial charge on any atom is 0.139 e. The summed E-state index contributed by atoms with van der Waals surface area (Å²) in [6, 6.07) is 12.8. The van der Waals surface area contributed by atoms with E-state index < -0.39 is 0 Å². The van der Waals surface area contributed by atoms with Crippen molar-refractivity contribution in [1.29, 1.82) is 0 Å². The van der Waals surface area contributed by atoms with Gasteiger partial charge in [-0.1, -0.05) is 6.07 Å². The molecule has 1 aromatic carbocycles. The molecule has 4 aromatic heterocycles. The predicted octanol–water partition coefficient (Wildman–Crippen LogP) is 5.47. The zero-order chi connectivity index (χ0) is 20.8. The van der Waals surface area contributed by atoms with Crippen LogP contribution >= 0.6 is 0 Å². The van der Waals surface area contributed by atoms with Crippen LogP contribution in [0.1, 0.15) is 24.8 Å². The first-order chi connectivity index (χ1) is 15.3. The molecule has 6 nitrogen and oxygen atoms in total. The van der Waals surface area contributed by atoms with Crippen molar-refractivity contribution in [2.75, 3.05) is 18.0 Å². The molecular formula is C25H24N6. The standard InChI is InChI=1S/C25H24N6/c1-16-12-21-19(13-18(16)17-6-5-8-26-15-17)24(30-29-21)22-14-20-23(7-9-27-25(20)28-22)31-10-3-2-4-11-31/h5-9,12-15H,2-4,10-11H2,1H3,(H,27,28)(H,29,30). The molecule has 6 heteroatoms. The lowest BCUT2D eigenvalue weighted by Gasteiger charge is -2.29. The number of nitrogens with one attached hydrogen (secondary N) is 2. The number of aromatic amines is 2. The second-order valence-corrected chi connectivity index (χ2v) is 8.35. The zero-order valence-corrected chi connectivity index (χ0v) is 17.5. The minimum atomic E-state index is 0.911. The molecule has 5 heterocycles. The van der Waals surface area contributed by atoms with Crippen LogP contribution in [-0.4, -0.2) is 38.2 Å². The molecule has 0 aliphatic carbocycles. The van der Waals surface area contributed by atoms with Gasteiger partial charge in [0.1, 0.15) is 11.3 Å². The average Bonchev–Trinajstić information content (AvgIpc) is 3.43. The number of anilines is 1. The van der Waals surface area contributed by atoms with Crippen molar-refractivity contribution in [2.45, 2.75) is 26.2 Å². The molecular weight excluding hydrogens is 384 g/mol. The van der Waals surface area contributed by atoms with Gasteiger partial charge < -0.3 is 9.88 Å². The maximum absolute atomic E-state index is 4.67. The van der Waals surface area contributed by atoms with Crippen LogP contribution in [-0.2, 0) is 0 Å². The Morgan fingerprint density at radius 1 is 0.968 bits per heavy atom. The first-order valence-electron chi connectivity index (χ1n) is 10.9. The van der Waals surface area contributed by atoms with E-state index in [4.69, 9.17) is 0 Å². The number of benzene rings is 1. The number of aryl methyl sites for hydroxylation is 1. The van der Waals surface area contributed by atoms with Crippen LogP contribution in [0.5, 0.6) is 0 Å². The number of hydrogen-bond donors (Lipinski definition) is 2. The number of nitrogens with zero attached hydrogens (tertiary/aromatic N) is 4. The number of aromatic nitrogens is 5. The van der Waals surface area contributed by atoms with E-state index in [1.165, 1.54) is 36.1 Å². The van der Waals surface area contributed by atoms with Gasteiger partial charge in [-0.3, -0.25) is 10.1 Å². The van der Waals surface area contributed by atoms with E-state index in [1.807, 2.05) is 18.5 Å². The Kier molecular flexibility index (Phi) is 4.23. The molecule has 6 rings (SSSR count). The molecule has 5 aromatic rings. The van der Waals surface area contributed by atoms with Gasteiger partial charge in [-0.2, -0.15) is 5.10 Å². The van der Waals surface area contributed by atoms with Gasteiger partial charge >= 0.3 is 0 Å². The maximum atomic E-state index is 4.67. The van der Waals surface area contributed by atoms with Gasteiger partial charge in [0.2, 0.25) is 0 Å². The molecule has 0 spiro atoms. The van der Waals surface area contributed by atoms with Crippen LogP contribution in [0, 0.1) is 6.92 Å². The van der Waals surface area contributed by atoms with E-state index >= 15 is 0 Å². The second-order valence-electron chi connectivity index (χ2n) is 8.35. The SMILES string of the molecule is Cc1cc2[nH]nc(-c3cc4c(N5CCCCC5)ccnc4[nH]3)c2cc1-c1cccnc1. The van der Waals surface area contributed by atoms with Crippen molar-refractivity contribution < 1.29 is 0 Å². The molecule has 1 saturated heterocycles. The summed E-state index contributed by atoms with van der Waals surface area (Å²) in [5, 5.41) is 10.1. The van der Waals surface area contributed by atoms with Crippen molar-refractivity contribution in [3.8, 4) is 22.5 Å². The Morgan fingerprint density at radius 3 is 2.71 bits per heavy atom. The third-order valence-electron chi connectivity index (χ3n) is 6.34. The third-order valence-corrected chi connectivity index (χ3v) is 6.34. The van der Waals surface area contributed by atoms with Gasteiger partial charge in [0, 0.05) is 53.7 Å². The van der Waals surface area contributed by atoms with Crippen molar-refractivity contribution in [3.05, 3.63) is 60.6 Å². The van der Waals surface area contributed by atoms with Crippen LogP contribution in [0.4, 0.5) is 5.69 Å². The van der Waals surface area contributed by atoms with Gasteiger partial charge in [0.05, 0.1) is 11.2 Å². The van der Waals surface area contributed by atoms with E-state index in [9.17, 15) is 0 Å². The average molecular weight is 409 g/mol. The van der Waals surface area contributed by atoms with Crippen molar-refractivity contribution in [1.82, 2.24) is 25.1 Å². The molecule has 1 fully saturated rings. The minimum Gasteiger partial charge on any atom is -0.371 e. The Morgan fingerprint density at radius 2 is 1.87 bits per heavy atom. The van der Waals surface area contributed by atoms with E-state index in [0.29, 0.717) is 0 Å². The summed E-state index contributed by atoms with van der Waals surface area (Å²) in [4.78, 5) is 14.9. The van der Waals surface area contributed by atoms with Crippen molar-refractivity contribution in [3.63, 3.8) is 0 Å². The van der Waals surface area contributed by atoms with Crippen LogP contribution < -0.4 is 4.90 Å². The lowest BCUT2D eigenvalue weighted by molar-refractivity contribution is 0.579. The molecule has 1 aliphatic rings. The fraction of sp³-hybridized carbons (Fsp3) is 0.240. The highest BCUT2D eigenvalue weighted by Gasteiger charge is 2.18. The summed E-state index contributed by atoms with van der Waals surface area (Å²) in [6.07, 6.45) is 9.44. The van der Waals surface area contributed by atoms with Crippen LogP contribution in [0.25, 0.3) is 44.5 Å². The lowest BCUT2D eigenvalue weighted by atomic mass is 9.99. The van der Waals surface area contributed by atoms with E-state index in [0.717, 1.165) is 52.0 Å². The number of fused-ring (bicyclic) bond motifs is 2. The van der Waals surface area contributed by atoms with E-state index in [-0.39, 0.29) is 0 Å². The van der Waals surface area contributed by atoms with Crippen LogP contribution in [0.3, 0.4) is 0 Å². The van der Waals surface area contributed by atoms with Gasteiger partial charge in [-0.05, 0) is 67.6 Å². The van der Waals surface area contributed by atoms with E-state index in [2.05, 4.69) is 67.3 Å². The Labute approximate surface area is 180 Å². The molecule has 154 valence electrons. The number of H-pyrrole nitrogens is 2. The van der Waals surface area contributed by atoms with Gasteiger partial charge in [-0.25, -0.2) is 4.98 Å². The fourth-order valence-electron chi connectivity index (χ4n) is 4.76. The predicted molar refractivity (Wildman–Crippen MR) is 125 cm³/mol. The summed E-state index contributed by atoms with van der Waals surface area (Å²) in [7, 11) is 0.